The van der Waals surface area contributed by atoms with Crippen molar-refractivity contribution in [3.8, 4) is 0 Å². The molecular formula is C13H19ClN2. The van der Waals surface area contributed by atoms with E-state index in [0.29, 0.717) is 17.8 Å². The van der Waals surface area contributed by atoms with Crippen LogP contribution in [0.4, 0.5) is 5.69 Å². The normalized spacial score (nSPS) is 20.8. The Hall–Kier alpha value is -0.760. The van der Waals surface area contributed by atoms with E-state index < -0.39 is 0 Å². The second-order valence-electron chi connectivity index (χ2n) is 4.79. The topological polar surface area (TPSA) is 16.1 Å². The van der Waals surface area contributed by atoms with Crippen molar-refractivity contribution >= 4 is 17.3 Å². The maximum absolute atomic E-state index is 5.82. The SMILES string of the molecule is CC(C)C1CCCN1c1ccnc(CCl)c1. The van der Waals surface area contributed by atoms with E-state index >= 15 is 0 Å². The van der Waals surface area contributed by atoms with Crippen LogP contribution in [0.2, 0.25) is 0 Å². The lowest BCUT2D eigenvalue weighted by Gasteiger charge is -2.29. The fourth-order valence-corrected chi connectivity index (χ4v) is 2.67. The van der Waals surface area contributed by atoms with Gasteiger partial charge < -0.3 is 4.90 Å². The van der Waals surface area contributed by atoms with Crippen molar-refractivity contribution in [3.05, 3.63) is 24.0 Å². The van der Waals surface area contributed by atoms with Gasteiger partial charge in [0.15, 0.2) is 0 Å². The molecule has 1 atom stereocenters. The minimum absolute atomic E-state index is 0.494. The first-order chi connectivity index (χ1) is 7.72. The van der Waals surface area contributed by atoms with Gasteiger partial charge in [-0.25, -0.2) is 0 Å². The Bertz CT molecular complexity index is 352. The lowest BCUT2D eigenvalue weighted by Crippen LogP contribution is -2.33. The zero-order chi connectivity index (χ0) is 11.5. The van der Waals surface area contributed by atoms with E-state index in [4.69, 9.17) is 11.6 Å². The number of anilines is 1. The predicted molar refractivity (Wildman–Crippen MR) is 69.0 cm³/mol. The largest absolute Gasteiger partial charge is 0.368 e. The Balaban J connectivity index is 2.22. The summed E-state index contributed by atoms with van der Waals surface area (Å²) in [7, 11) is 0. The summed E-state index contributed by atoms with van der Waals surface area (Å²) in [5, 5.41) is 0. The maximum atomic E-state index is 5.82. The smallest absolute Gasteiger partial charge is 0.0648 e. The number of rotatable bonds is 3. The first-order valence-electron chi connectivity index (χ1n) is 6.00. The highest BCUT2D eigenvalue weighted by Crippen LogP contribution is 2.29. The van der Waals surface area contributed by atoms with Crippen molar-refractivity contribution in [1.29, 1.82) is 0 Å². The maximum Gasteiger partial charge on any atom is 0.0648 e. The molecule has 1 fully saturated rings. The van der Waals surface area contributed by atoms with Crippen LogP contribution in [0.25, 0.3) is 0 Å². The molecule has 0 aliphatic carbocycles. The van der Waals surface area contributed by atoms with Crippen LogP contribution >= 0.6 is 11.6 Å². The van der Waals surface area contributed by atoms with Gasteiger partial charge in [0.1, 0.15) is 0 Å². The third-order valence-corrected chi connectivity index (χ3v) is 3.61. The van der Waals surface area contributed by atoms with Gasteiger partial charge in [0.2, 0.25) is 0 Å². The molecule has 1 aliphatic heterocycles. The second kappa shape index (κ2) is 5.05. The van der Waals surface area contributed by atoms with Crippen molar-refractivity contribution < 1.29 is 0 Å². The van der Waals surface area contributed by atoms with Gasteiger partial charge in [-0.15, -0.1) is 11.6 Å². The highest BCUT2D eigenvalue weighted by Gasteiger charge is 2.27. The predicted octanol–water partition coefficient (Wildman–Crippen LogP) is 3.45. The molecule has 1 aromatic heterocycles. The van der Waals surface area contributed by atoms with E-state index in [0.717, 1.165) is 12.2 Å². The van der Waals surface area contributed by atoms with Crippen LogP contribution in [0, 0.1) is 5.92 Å². The number of halogens is 1. The molecule has 3 heteroatoms. The molecule has 0 spiro atoms. The summed E-state index contributed by atoms with van der Waals surface area (Å²) in [5.41, 5.74) is 2.25. The van der Waals surface area contributed by atoms with E-state index in [2.05, 4.69) is 35.9 Å². The first kappa shape index (κ1) is 11.7. The van der Waals surface area contributed by atoms with Gasteiger partial charge in [0.25, 0.3) is 0 Å². The summed E-state index contributed by atoms with van der Waals surface area (Å²) >= 11 is 5.82. The summed E-state index contributed by atoms with van der Waals surface area (Å²) in [5.74, 6) is 1.20. The van der Waals surface area contributed by atoms with Gasteiger partial charge in [-0.05, 0) is 30.9 Å². The van der Waals surface area contributed by atoms with Crippen LogP contribution in [-0.4, -0.2) is 17.6 Å². The van der Waals surface area contributed by atoms with Crippen molar-refractivity contribution in [2.45, 2.75) is 38.6 Å². The fourth-order valence-electron chi connectivity index (χ4n) is 2.52. The molecule has 0 bridgehead atoms. The van der Waals surface area contributed by atoms with Gasteiger partial charge in [0.05, 0.1) is 11.6 Å². The molecule has 1 aliphatic rings. The van der Waals surface area contributed by atoms with Crippen LogP contribution in [0.3, 0.4) is 0 Å². The number of hydrogen-bond donors (Lipinski definition) is 0. The molecule has 1 unspecified atom stereocenters. The zero-order valence-electron chi connectivity index (χ0n) is 9.99. The summed E-state index contributed by atoms with van der Waals surface area (Å²) in [6, 6.07) is 4.88. The van der Waals surface area contributed by atoms with Crippen LogP contribution in [0.15, 0.2) is 18.3 Å². The number of aromatic nitrogens is 1. The summed E-state index contributed by atoms with van der Waals surface area (Å²) in [4.78, 5) is 6.74. The van der Waals surface area contributed by atoms with Crippen LogP contribution in [0.5, 0.6) is 0 Å². The standard InChI is InChI=1S/C13H19ClN2/c1-10(2)13-4-3-7-16(13)12-5-6-15-11(8-12)9-14/h5-6,8,10,13H,3-4,7,9H2,1-2H3. The van der Waals surface area contributed by atoms with Gasteiger partial charge in [0, 0.05) is 24.5 Å². The number of nitrogens with zero attached hydrogens (tertiary/aromatic N) is 2. The molecule has 0 N–H and O–H groups in total. The lowest BCUT2D eigenvalue weighted by molar-refractivity contribution is 0.492. The van der Waals surface area contributed by atoms with Gasteiger partial charge >= 0.3 is 0 Å². The van der Waals surface area contributed by atoms with E-state index in [-0.39, 0.29) is 0 Å². The van der Waals surface area contributed by atoms with Crippen molar-refractivity contribution in [2.24, 2.45) is 5.92 Å². The minimum Gasteiger partial charge on any atom is -0.368 e. The molecule has 0 saturated carbocycles. The average Bonchev–Trinajstić information content (AvgIpc) is 2.78. The summed E-state index contributed by atoms with van der Waals surface area (Å²) < 4.78 is 0. The quantitative estimate of drug-likeness (QED) is 0.750. The highest BCUT2D eigenvalue weighted by molar-refractivity contribution is 6.16. The van der Waals surface area contributed by atoms with Crippen LogP contribution in [-0.2, 0) is 5.88 Å². The van der Waals surface area contributed by atoms with E-state index in [1.807, 2.05) is 6.20 Å². The van der Waals surface area contributed by atoms with Gasteiger partial charge in [-0.1, -0.05) is 13.8 Å². The van der Waals surface area contributed by atoms with Gasteiger partial charge in [-0.2, -0.15) is 0 Å². The van der Waals surface area contributed by atoms with Crippen LogP contribution in [0.1, 0.15) is 32.4 Å². The first-order valence-corrected chi connectivity index (χ1v) is 6.53. The number of pyridine rings is 1. The highest BCUT2D eigenvalue weighted by atomic mass is 35.5. The van der Waals surface area contributed by atoms with Crippen LogP contribution < -0.4 is 4.90 Å². The lowest BCUT2D eigenvalue weighted by atomic mass is 10.0. The molecule has 0 radical (unpaired) electrons. The Morgan fingerprint density at radius 2 is 2.38 bits per heavy atom. The Kier molecular flexibility index (Phi) is 3.70. The molecule has 1 aromatic rings. The molecule has 1 saturated heterocycles. The molecule has 88 valence electrons. The molecule has 0 amide bonds. The number of hydrogen-bond acceptors (Lipinski definition) is 2. The van der Waals surface area contributed by atoms with E-state index in [1.54, 1.807) is 0 Å². The summed E-state index contributed by atoms with van der Waals surface area (Å²) in [6.07, 6.45) is 4.46. The monoisotopic (exact) mass is 238 g/mol. The van der Waals surface area contributed by atoms with Crippen molar-refractivity contribution in [1.82, 2.24) is 4.98 Å². The molecule has 0 aromatic carbocycles. The molecule has 16 heavy (non-hydrogen) atoms. The second-order valence-corrected chi connectivity index (χ2v) is 5.05. The molecule has 2 rings (SSSR count). The average molecular weight is 239 g/mol. The zero-order valence-corrected chi connectivity index (χ0v) is 10.7. The van der Waals surface area contributed by atoms with Crippen molar-refractivity contribution in [3.63, 3.8) is 0 Å². The Morgan fingerprint density at radius 3 is 3.06 bits per heavy atom. The number of alkyl halides is 1. The summed E-state index contributed by atoms with van der Waals surface area (Å²) in [6.45, 7) is 5.76. The third kappa shape index (κ3) is 2.32. The van der Waals surface area contributed by atoms with E-state index in [9.17, 15) is 0 Å². The molecular weight excluding hydrogens is 220 g/mol. The third-order valence-electron chi connectivity index (χ3n) is 3.34. The van der Waals surface area contributed by atoms with Crippen molar-refractivity contribution in [2.75, 3.05) is 11.4 Å². The molecule has 2 heterocycles. The van der Waals surface area contributed by atoms with E-state index in [1.165, 1.54) is 18.5 Å². The molecule has 2 nitrogen and oxygen atoms in total. The Labute approximate surface area is 103 Å². The van der Waals surface area contributed by atoms with Gasteiger partial charge in [-0.3, -0.25) is 4.98 Å². The fraction of sp³-hybridized carbons (Fsp3) is 0.615. The Morgan fingerprint density at radius 1 is 1.56 bits per heavy atom. The minimum atomic E-state index is 0.494.